The molecule has 4 N–H and O–H groups in total. The first kappa shape index (κ1) is 11.2. The SMILES string of the molecule is Cl.NCCN1[C@@H]2CC[C@H]1CC(N)C2. The molecule has 0 aromatic heterocycles. The van der Waals surface area contributed by atoms with Gasteiger partial charge >= 0.3 is 0 Å². The van der Waals surface area contributed by atoms with E-state index >= 15 is 0 Å². The Balaban J connectivity index is 0.000000845. The van der Waals surface area contributed by atoms with Crippen LogP contribution in [0.1, 0.15) is 25.7 Å². The van der Waals surface area contributed by atoms with Crippen molar-refractivity contribution in [2.45, 2.75) is 43.8 Å². The van der Waals surface area contributed by atoms with Crippen LogP contribution in [-0.2, 0) is 0 Å². The van der Waals surface area contributed by atoms with Crippen molar-refractivity contribution in [3.8, 4) is 0 Å². The number of nitrogens with zero attached hydrogens (tertiary/aromatic N) is 1. The van der Waals surface area contributed by atoms with Crippen molar-refractivity contribution in [2.75, 3.05) is 13.1 Å². The molecule has 3 nitrogen and oxygen atoms in total. The molecule has 0 saturated carbocycles. The predicted octanol–water partition coefficient (Wildman–Crippen LogP) is 0.321. The number of fused-ring (bicyclic) bond motifs is 2. The molecule has 0 aliphatic carbocycles. The fourth-order valence-corrected chi connectivity index (χ4v) is 2.83. The molecule has 2 heterocycles. The zero-order valence-electron chi connectivity index (χ0n) is 7.98. The predicted molar refractivity (Wildman–Crippen MR) is 57.0 cm³/mol. The van der Waals surface area contributed by atoms with Crippen molar-refractivity contribution in [3.05, 3.63) is 0 Å². The summed E-state index contributed by atoms with van der Waals surface area (Å²) < 4.78 is 0. The molecule has 0 spiro atoms. The van der Waals surface area contributed by atoms with Crippen LogP contribution < -0.4 is 11.5 Å². The monoisotopic (exact) mass is 205 g/mol. The standard InChI is InChI=1S/C9H19N3.ClH/c10-3-4-12-8-1-2-9(12)6-7(11)5-8;/h7-9H,1-6,10-11H2;1H/t7?,8-,9+;. The van der Waals surface area contributed by atoms with Crippen LogP contribution in [0.4, 0.5) is 0 Å². The molecule has 2 fully saturated rings. The Morgan fingerprint density at radius 1 is 1.15 bits per heavy atom. The van der Waals surface area contributed by atoms with Gasteiger partial charge in [-0.3, -0.25) is 4.90 Å². The maximum Gasteiger partial charge on any atom is 0.0114 e. The van der Waals surface area contributed by atoms with Crippen molar-refractivity contribution in [3.63, 3.8) is 0 Å². The highest BCUT2D eigenvalue weighted by Gasteiger charge is 2.38. The van der Waals surface area contributed by atoms with E-state index in [0.29, 0.717) is 6.04 Å². The molecule has 2 aliphatic rings. The lowest BCUT2D eigenvalue weighted by Crippen LogP contribution is -2.48. The third-order valence-corrected chi connectivity index (χ3v) is 3.31. The Hall–Kier alpha value is 0.170. The minimum atomic E-state index is 0. The topological polar surface area (TPSA) is 55.3 Å². The van der Waals surface area contributed by atoms with Crippen LogP contribution in [-0.4, -0.2) is 36.1 Å². The van der Waals surface area contributed by atoms with E-state index in [4.69, 9.17) is 11.5 Å². The Kier molecular flexibility index (Phi) is 3.98. The Morgan fingerprint density at radius 3 is 2.15 bits per heavy atom. The molecule has 2 aliphatic heterocycles. The van der Waals surface area contributed by atoms with E-state index in [2.05, 4.69) is 4.90 Å². The molecular weight excluding hydrogens is 186 g/mol. The molecule has 78 valence electrons. The van der Waals surface area contributed by atoms with Crippen molar-refractivity contribution in [2.24, 2.45) is 11.5 Å². The summed E-state index contributed by atoms with van der Waals surface area (Å²) >= 11 is 0. The van der Waals surface area contributed by atoms with E-state index in [1.807, 2.05) is 0 Å². The zero-order chi connectivity index (χ0) is 8.55. The maximum atomic E-state index is 5.96. The van der Waals surface area contributed by atoms with E-state index in [1.54, 1.807) is 0 Å². The smallest absolute Gasteiger partial charge is 0.0114 e. The van der Waals surface area contributed by atoms with Crippen molar-refractivity contribution in [1.82, 2.24) is 4.90 Å². The second-order valence-corrected chi connectivity index (χ2v) is 4.14. The first-order chi connectivity index (χ1) is 5.81. The quantitative estimate of drug-likeness (QED) is 0.683. The van der Waals surface area contributed by atoms with Gasteiger partial charge in [0, 0.05) is 31.2 Å². The molecule has 2 rings (SSSR count). The third-order valence-electron chi connectivity index (χ3n) is 3.31. The summed E-state index contributed by atoms with van der Waals surface area (Å²) in [6.07, 6.45) is 5.07. The van der Waals surface area contributed by atoms with E-state index in [0.717, 1.165) is 25.2 Å². The summed E-state index contributed by atoms with van der Waals surface area (Å²) in [5.41, 5.74) is 11.5. The number of halogens is 1. The first-order valence-electron chi connectivity index (χ1n) is 5.02. The third kappa shape index (κ3) is 2.15. The molecule has 0 amide bonds. The average molecular weight is 206 g/mol. The highest BCUT2D eigenvalue weighted by atomic mass is 35.5. The van der Waals surface area contributed by atoms with Crippen LogP contribution in [0.15, 0.2) is 0 Å². The number of nitrogens with two attached hydrogens (primary N) is 2. The van der Waals surface area contributed by atoms with Crippen molar-refractivity contribution in [1.29, 1.82) is 0 Å². The van der Waals surface area contributed by atoms with Crippen LogP contribution in [0.2, 0.25) is 0 Å². The number of hydrogen-bond donors (Lipinski definition) is 2. The Bertz CT molecular complexity index is 151. The van der Waals surface area contributed by atoms with Gasteiger partial charge in [-0.05, 0) is 25.7 Å². The lowest BCUT2D eigenvalue weighted by Gasteiger charge is -2.37. The maximum absolute atomic E-state index is 5.96. The average Bonchev–Trinajstić information content (AvgIpc) is 2.32. The minimum Gasteiger partial charge on any atom is -0.329 e. The largest absolute Gasteiger partial charge is 0.329 e. The lowest BCUT2D eigenvalue weighted by molar-refractivity contribution is 0.132. The summed E-state index contributed by atoms with van der Waals surface area (Å²) in [7, 11) is 0. The van der Waals surface area contributed by atoms with Crippen LogP contribution in [0.3, 0.4) is 0 Å². The van der Waals surface area contributed by atoms with E-state index in [9.17, 15) is 0 Å². The zero-order valence-corrected chi connectivity index (χ0v) is 8.80. The van der Waals surface area contributed by atoms with Crippen LogP contribution in [0.5, 0.6) is 0 Å². The summed E-state index contributed by atoms with van der Waals surface area (Å²) in [5, 5.41) is 0. The lowest BCUT2D eigenvalue weighted by atomic mass is 9.98. The number of rotatable bonds is 2. The summed E-state index contributed by atoms with van der Waals surface area (Å²) in [5.74, 6) is 0. The minimum absolute atomic E-state index is 0. The summed E-state index contributed by atoms with van der Waals surface area (Å²) in [4.78, 5) is 2.57. The number of piperidine rings is 1. The molecule has 13 heavy (non-hydrogen) atoms. The first-order valence-corrected chi connectivity index (χ1v) is 5.02. The van der Waals surface area contributed by atoms with Gasteiger partial charge in [0.05, 0.1) is 0 Å². The van der Waals surface area contributed by atoms with Gasteiger partial charge in [-0.1, -0.05) is 0 Å². The Labute approximate surface area is 86.2 Å². The summed E-state index contributed by atoms with van der Waals surface area (Å²) in [6.45, 7) is 1.87. The van der Waals surface area contributed by atoms with Gasteiger partial charge in [-0.25, -0.2) is 0 Å². The van der Waals surface area contributed by atoms with Crippen LogP contribution in [0.25, 0.3) is 0 Å². The fraction of sp³-hybridized carbons (Fsp3) is 1.00. The van der Waals surface area contributed by atoms with Gasteiger partial charge in [0.15, 0.2) is 0 Å². The Morgan fingerprint density at radius 2 is 1.69 bits per heavy atom. The highest BCUT2D eigenvalue weighted by molar-refractivity contribution is 5.85. The molecule has 4 heteroatoms. The highest BCUT2D eigenvalue weighted by Crippen LogP contribution is 2.34. The van der Waals surface area contributed by atoms with E-state index < -0.39 is 0 Å². The molecule has 3 atom stereocenters. The molecular formula is C9H20ClN3. The molecule has 1 unspecified atom stereocenters. The van der Waals surface area contributed by atoms with Gasteiger partial charge in [-0.15, -0.1) is 12.4 Å². The molecule has 2 bridgehead atoms. The van der Waals surface area contributed by atoms with Gasteiger partial charge < -0.3 is 11.5 Å². The molecule has 0 aromatic carbocycles. The second kappa shape index (κ2) is 4.60. The van der Waals surface area contributed by atoms with Crippen molar-refractivity contribution < 1.29 is 0 Å². The summed E-state index contributed by atoms with van der Waals surface area (Å²) in [6, 6.07) is 1.96. The van der Waals surface area contributed by atoms with E-state index in [-0.39, 0.29) is 12.4 Å². The van der Waals surface area contributed by atoms with Gasteiger partial charge in [0.25, 0.3) is 0 Å². The normalized spacial score (nSPS) is 38.8. The molecule has 0 radical (unpaired) electrons. The van der Waals surface area contributed by atoms with Gasteiger partial charge in [-0.2, -0.15) is 0 Å². The van der Waals surface area contributed by atoms with Crippen LogP contribution in [0, 0.1) is 0 Å². The van der Waals surface area contributed by atoms with Crippen molar-refractivity contribution >= 4 is 12.4 Å². The van der Waals surface area contributed by atoms with Gasteiger partial charge in [0.2, 0.25) is 0 Å². The second-order valence-electron chi connectivity index (χ2n) is 4.14. The molecule has 2 saturated heterocycles. The molecule has 0 aromatic rings. The van der Waals surface area contributed by atoms with Crippen LogP contribution >= 0.6 is 12.4 Å². The number of hydrogen-bond acceptors (Lipinski definition) is 3. The van der Waals surface area contributed by atoms with E-state index in [1.165, 1.54) is 25.7 Å². The fourth-order valence-electron chi connectivity index (χ4n) is 2.83. The van der Waals surface area contributed by atoms with Gasteiger partial charge in [0.1, 0.15) is 0 Å².